The van der Waals surface area contributed by atoms with Crippen LogP contribution in [0.2, 0.25) is 0 Å². The Kier molecular flexibility index (Phi) is 3.36. The van der Waals surface area contributed by atoms with Gasteiger partial charge in [-0.1, -0.05) is 18.2 Å². The summed E-state index contributed by atoms with van der Waals surface area (Å²) in [6.45, 7) is 0. The molecule has 0 radical (unpaired) electrons. The fourth-order valence-corrected chi connectivity index (χ4v) is 5.14. The highest BCUT2D eigenvalue weighted by atomic mass is 19.4. The summed E-state index contributed by atoms with van der Waals surface area (Å²) in [6, 6.07) is 19.5. The van der Waals surface area contributed by atoms with Crippen molar-refractivity contribution in [3.63, 3.8) is 0 Å². The van der Waals surface area contributed by atoms with E-state index in [-0.39, 0.29) is 17.4 Å². The van der Waals surface area contributed by atoms with Crippen molar-refractivity contribution in [1.82, 2.24) is 0 Å². The van der Waals surface area contributed by atoms with Crippen LogP contribution in [0.4, 0.5) is 30.2 Å². The molecule has 4 aromatic rings. The molecule has 0 fully saturated rings. The highest BCUT2D eigenvalue weighted by Gasteiger charge is 2.45. The standard InChI is InChI=1S/C26H14F3NO3/c27-26(28,29)13-10-11-17(31)16(12-13)30-14-4-1-6-18-22(14)25-23-15(30)5-2-7-19(23)33-21-9-3-8-20(32-18)24(21)25/h1-12,25,31H. The average molecular weight is 445 g/mol. The lowest BCUT2D eigenvalue weighted by molar-refractivity contribution is -0.137. The molecule has 1 N–H and O–H groups in total. The lowest BCUT2D eigenvalue weighted by Crippen LogP contribution is -2.27. The molecule has 0 unspecified atom stereocenters. The van der Waals surface area contributed by atoms with Gasteiger partial charge in [0.2, 0.25) is 0 Å². The second kappa shape index (κ2) is 6.01. The van der Waals surface area contributed by atoms with Gasteiger partial charge in [-0.25, -0.2) is 0 Å². The van der Waals surface area contributed by atoms with E-state index in [0.717, 1.165) is 34.9 Å². The molecule has 4 nitrogen and oxygen atoms in total. The van der Waals surface area contributed by atoms with Gasteiger partial charge in [-0.3, -0.25) is 0 Å². The van der Waals surface area contributed by atoms with Crippen molar-refractivity contribution in [1.29, 1.82) is 0 Å². The van der Waals surface area contributed by atoms with Crippen LogP contribution in [-0.4, -0.2) is 5.11 Å². The van der Waals surface area contributed by atoms with Crippen molar-refractivity contribution in [3.05, 3.63) is 95.1 Å². The molecule has 3 aliphatic rings. The fraction of sp³-hybridized carbons (Fsp3) is 0.0769. The molecule has 7 heteroatoms. The third kappa shape index (κ3) is 2.36. The molecule has 7 rings (SSSR count). The van der Waals surface area contributed by atoms with E-state index in [1.807, 2.05) is 42.5 Å². The van der Waals surface area contributed by atoms with Crippen LogP contribution in [-0.2, 0) is 6.18 Å². The van der Waals surface area contributed by atoms with Crippen molar-refractivity contribution < 1.29 is 27.8 Å². The summed E-state index contributed by atoms with van der Waals surface area (Å²) in [6.07, 6.45) is -4.55. The van der Waals surface area contributed by atoms with Gasteiger partial charge in [0.25, 0.3) is 0 Å². The van der Waals surface area contributed by atoms with Crippen molar-refractivity contribution in [2.75, 3.05) is 4.90 Å². The van der Waals surface area contributed by atoms with E-state index in [2.05, 4.69) is 0 Å². The Balaban J connectivity index is 1.57. The van der Waals surface area contributed by atoms with Crippen molar-refractivity contribution in [3.8, 4) is 28.7 Å². The zero-order chi connectivity index (χ0) is 22.5. The van der Waals surface area contributed by atoms with E-state index in [4.69, 9.17) is 9.47 Å². The van der Waals surface area contributed by atoms with Crippen LogP contribution in [0.1, 0.15) is 28.2 Å². The summed E-state index contributed by atoms with van der Waals surface area (Å²) in [5.74, 6) is 2.18. The largest absolute Gasteiger partial charge is 0.506 e. The van der Waals surface area contributed by atoms with E-state index in [0.29, 0.717) is 34.4 Å². The minimum atomic E-state index is -4.55. The highest BCUT2D eigenvalue weighted by Crippen LogP contribution is 2.64. The first-order valence-electron chi connectivity index (χ1n) is 10.4. The average Bonchev–Trinajstić information content (AvgIpc) is 2.79. The number of ether oxygens (including phenoxy) is 2. The minimum Gasteiger partial charge on any atom is -0.506 e. The number of hydrogen-bond donors (Lipinski definition) is 1. The maximum atomic E-state index is 13.5. The molecule has 0 atom stereocenters. The minimum absolute atomic E-state index is 0.0368. The molecule has 0 spiro atoms. The highest BCUT2D eigenvalue weighted by molar-refractivity contribution is 5.92. The predicted molar refractivity (Wildman–Crippen MR) is 115 cm³/mol. The lowest BCUT2D eigenvalue weighted by atomic mass is 9.76. The lowest BCUT2D eigenvalue weighted by Gasteiger charge is -2.43. The summed E-state index contributed by atoms with van der Waals surface area (Å²) in [5.41, 5.74) is 3.06. The van der Waals surface area contributed by atoms with Crippen LogP contribution in [0, 0.1) is 0 Å². The number of alkyl halides is 3. The van der Waals surface area contributed by atoms with Gasteiger partial charge < -0.3 is 19.5 Å². The van der Waals surface area contributed by atoms with Crippen molar-refractivity contribution in [2.24, 2.45) is 0 Å². The number of hydrogen-bond acceptors (Lipinski definition) is 4. The van der Waals surface area contributed by atoms with Gasteiger partial charge in [-0.05, 0) is 54.6 Å². The van der Waals surface area contributed by atoms with Crippen LogP contribution in [0.15, 0.2) is 72.8 Å². The summed E-state index contributed by atoms with van der Waals surface area (Å²) in [7, 11) is 0. The molecule has 0 saturated carbocycles. The Labute approximate surface area is 186 Å². The monoisotopic (exact) mass is 445 g/mol. The normalized spacial score (nSPS) is 14.9. The van der Waals surface area contributed by atoms with Gasteiger partial charge >= 0.3 is 6.18 Å². The van der Waals surface area contributed by atoms with Gasteiger partial charge in [0.05, 0.1) is 28.5 Å². The zero-order valence-corrected chi connectivity index (χ0v) is 16.9. The second-order valence-electron chi connectivity index (χ2n) is 8.22. The van der Waals surface area contributed by atoms with Gasteiger partial charge in [0.15, 0.2) is 0 Å². The van der Waals surface area contributed by atoms with E-state index < -0.39 is 11.7 Å². The SMILES string of the molecule is Oc1ccc(C(F)(F)F)cc1N1c2cccc3c2C2c4c(cccc4Oc4cccc1c42)O3. The number of phenols is 1. The van der Waals surface area contributed by atoms with Crippen LogP contribution in [0.5, 0.6) is 28.7 Å². The van der Waals surface area contributed by atoms with Gasteiger partial charge in [0.1, 0.15) is 28.7 Å². The summed E-state index contributed by atoms with van der Waals surface area (Å²) < 4.78 is 53.0. The van der Waals surface area contributed by atoms with Crippen LogP contribution in [0.3, 0.4) is 0 Å². The molecule has 4 aromatic carbocycles. The fourth-order valence-electron chi connectivity index (χ4n) is 5.14. The molecule has 3 aliphatic heterocycles. The van der Waals surface area contributed by atoms with E-state index in [1.54, 1.807) is 17.0 Å². The topological polar surface area (TPSA) is 41.9 Å². The van der Waals surface area contributed by atoms with E-state index >= 15 is 0 Å². The Morgan fingerprint density at radius 1 is 0.667 bits per heavy atom. The van der Waals surface area contributed by atoms with E-state index in [1.165, 1.54) is 0 Å². The Morgan fingerprint density at radius 2 is 1.18 bits per heavy atom. The number of halogens is 3. The van der Waals surface area contributed by atoms with Crippen molar-refractivity contribution >= 4 is 17.1 Å². The maximum absolute atomic E-state index is 13.5. The first-order valence-corrected chi connectivity index (χ1v) is 10.4. The van der Waals surface area contributed by atoms with Gasteiger partial charge in [0, 0.05) is 16.7 Å². The first kappa shape index (κ1) is 18.4. The molecule has 33 heavy (non-hydrogen) atoms. The summed E-state index contributed by atoms with van der Waals surface area (Å²) >= 11 is 0. The van der Waals surface area contributed by atoms with Gasteiger partial charge in [-0.15, -0.1) is 0 Å². The summed E-state index contributed by atoms with van der Waals surface area (Å²) in [4.78, 5) is 1.66. The molecule has 0 aliphatic carbocycles. The molecule has 0 saturated heterocycles. The molecule has 0 aromatic heterocycles. The van der Waals surface area contributed by atoms with E-state index in [9.17, 15) is 18.3 Å². The number of anilines is 3. The Hall–Kier alpha value is -4.13. The number of rotatable bonds is 1. The third-order valence-electron chi connectivity index (χ3n) is 6.44. The number of nitrogens with zero attached hydrogens (tertiary/aromatic N) is 1. The molecule has 0 bridgehead atoms. The molecule has 162 valence electrons. The zero-order valence-electron chi connectivity index (χ0n) is 16.9. The first-order chi connectivity index (χ1) is 15.9. The van der Waals surface area contributed by atoms with Crippen molar-refractivity contribution in [2.45, 2.75) is 12.1 Å². The number of phenolic OH excluding ortho intramolecular Hbond substituents is 1. The molecular formula is C26H14F3NO3. The van der Waals surface area contributed by atoms with Crippen LogP contribution >= 0.6 is 0 Å². The van der Waals surface area contributed by atoms with Gasteiger partial charge in [-0.2, -0.15) is 13.2 Å². The number of aromatic hydroxyl groups is 1. The van der Waals surface area contributed by atoms with Crippen LogP contribution < -0.4 is 14.4 Å². The summed E-state index contributed by atoms with van der Waals surface area (Å²) in [5, 5.41) is 10.7. The third-order valence-corrected chi connectivity index (χ3v) is 6.44. The predicted octanol–water partition coefficient (Wildman–Crippen LogP) is 7.59. The smallest absolute Gasteiger partial charge is 0.416 e. The van der Waals surface area contributed by atoms with Crippen LogP contribution in [0.25, 0.3) is 0 Å². The Bertz CT molecular complexity index is 1420. The molecule has 3 heterocycles. The number of benzene rings is 4. The maximum Gasteiger partial charge on any atom is 0.416 e. The Morgan fingerprint density at radius 3 is 1.73 bits per heavy atom. The molecular weight excluding hydrogens is 431 g/mol. The molecule has 0 amide bonds. The second-order valence-corrected chi connectivity index (χ2v) is 8.22. The quantitative estimate of drug-likeness (QED) is 0.283.